The molecule has 0 aromatic carbocycles. The Bertz CT molecular complexity index is 690. The number of hydrogen-bond donors (Lipinski definition) is 1. The fraction of sp³-hybridized carbons (Fsp3) is 0.550. The van der Waals surface area contributed by atoms with Gasteiger partial charge in [-0.25, -0.2) is 9.97 Å². The maximum atomic E-state index is 4.50. The van der Waals surface area contributed by atoms with Gasteiger partial charge in [0.25, 0.3) is 0 Å². The second-order valence-corrected chi connectivity index (χ2v) is 7.40. The van der Waals surface area contributed by atoms with Crippen LogP contribution in [0, 0.1) is 11.8 Å². The van der Waals surface area contributed by atoms with Gasteiger partial charge in [0, 0.05) is 45.8 Å². The number of nitrogens with zero attached hydrogens (tertiary/aromatic N) is 5. The first-order valence-corrected chi connectivity index (χ1v) is 9.50. The SMILES string of the molecule is CN=C(NCc1ccc(-n2ccnc2)nc1)N(C)CC1CCC(C)CC1.I. The third-order valence-corrected chi connectivity index (χ3v) is 5.27. The van der Waals surface area contributed by atoms with E-state index < -0.39 is 0 Å². The Morgan fingerprint density at radius 3 is 2.67 bits per heavy atom. The number of rotatable bonds is 5. The first kappa shape index (κ1) is 21.7. The van der Waals surface area contributed by atoms with Crippen LogP contribution in [-0.4, -0.2) is 46.0 Å². The van der Waals surface area contributed by atoms with E-state index in [0.717, 1.165) is 42.3 Å². The average Bonchev–Trinajstić information content (AvgIpc) is 3.19. The molecule has 7 heteroatoms. The molecule has 0 amide bonds. The van der Waals surface area contributed by atoms with Gasteiger partial charge in [0.15, 0.2) is 5.96 Å². The largest absolute Gasteiger partial charge is 0.352 e. The standard InChI is InChI=1S/C20H30N6.HI/c1-16-4-6-17(7-5-16)14-25(3)20(21-2)24-13-18-8-9-19(23-12-18)26-11-10-22-15-26;/h8-12,15-17H,4-7,13-14H2,1-3H3,(H,21,24);1H. The van der Waals surface area contributed by atoms with Crippen molar-refractivity contribution < 1.29 is 0 Å². The molecule has 2 heterocycles. The Balaban J connectivity index is 0.00000261. The van der Waals surface area contributed by atoms with Crippen LogP contribution in [0.5, 0.6) is 0 Å². The van der Waals surface area contributed by atoms with Crippen LogP contribution in [0.3, 0.4) is 0 Å². The molecule has 1 aliphatic rings. The number of pyridine rings is 1. The molecule has 0 unspecified atom stereocenters. The highest BCUT2D eigenvalue weighted by Gasteiger charge is 2.20. The lowest BCUT2D eigenvalue weighted by Gasteiger charge is -2.31. The number of aliphatic imine (C=N–C) groups is 1. The zero-order chi connectivity index (χ0) is 18.4. The summed E-state index contributed by atoms with van der Waals surface area (Å²) in [5, 5.41) is 3.45. The third-order valence-electron chi connectivity index (χ3n) is 5.27. The van der Waals surface area contributed by atoms with E-state index in [4.69, 9.17) is 0 Å². The molecule has 0 spiro atoms. The summed E-state index contributed by atoms with van der Waals surface area (Å²) in [7, 11) is 3.98. The lowest BCUT2D eigenvalue weighted by atomic mass is 9.83. The molecular formula is C20H31IN6. The smallest absolute Gasteiger partial charge is 0.193 e. The molecule has 148 valence electrons. The van der Waals surface area contributed by atoms with Gasteiger partial charge in [0.05, 0.1) is 0 Å². The Morgan fingerprint density at radius 1 is 1.30 bits per heavy atom. The summed E-state index contributed by atoms with van der Waals surface area (Å²) in [5.41, 5.74) is 1.13. The van der Waals surface area contributed by atoms with E-state index in [1.807, 2.05) is 30.1 Å². The summed E-state index contributed by atoms with van der Waals surface area (Å²) < 4.78 is 1.90. The predicted molar refractivity (Wildman–Crippen MR) is 121 cm³/mol. The van der Waals surface area contributed by atoms with E-state index in [1.54, 1.807) is 12.5 Å². The molecule has 2 aromatic heterocycles. The zero-order valence-corrected chi connectivity index (χ0v) is 18.8. The molecule has 3 rings (SSSR count). The van der Waals surface area contributed by atoms with Crippen molar-refractivity contribution in [3.63, 3.8) is 0 Å². The predicted octanol–water partition coefficient (Wildman–Crippen LogP) is 3.72. The van der Waals surface area contributed by atoms with Crippen molar-refractivity contribution in [1.29, 1.82) is 0 Å². The number of nitrogens with one attached hydrogen (secondary N) is 1. The van der Waals surface area contributed by atoms with Crippen LogP contribution >= 0.6 is 24.0 Å². The maximum absolute atomic E-state index is 4.50. The summed E-state index contributed by atoms with van der Waals surface area (Å²) in [6.07, 6.45) is 12.7. The van der Waals surface area contributed by atoms with E-state index in [0.29, 0.717) is 0 Å². The van der Waals surface area contributed by atoms with E-state index in [1.165, 1.54) is 25.7 Å². The van der Waals surface area contributed by atoms with Gasteiger partial charge < -0.3 is 10.2 Å². The van der Waals surface area contributed by atoms with Gasteiger partial charge in [-0.2, -0.15) is 0 Å². The summed E-state index contributed by atoms with van der Waals surface area (Å²) in [6.45, 7) is 4.16. The molecule has 1 fully saturated rings. The Morgan fingerprint density at radius 2 is 2.07 bits per heavy atom. The van der Waals surface area contributed by atoms with E-state index in [2.05, 4.69) is 45.2 Å². The minimum Gasteiger partial charge on any atom is -0.352 e. The second kappa shape index (κ2) is 10.6. The highest BCUT2D eigenvalue weighted by molar-refractivity contribution is 14.0. The van der Waals surface area contributed by atoms with E-state index >= 15 is 0 Å². The molecule has 0 atom stereocenters. The molecule has 6 nitrogen and oxygen atoms in total. The van der Waals surface area contributed by atoms with E-state index in [9.17, 15) is 0 Å². The van der Waals surface area contributed by atoms with Crippen LogP contribution < -0.4 is 5.32 Å². The molecular weight excluding hydrogens is 451 g/mol. The average molecular weight is 482 g/mol. The van der Waals surface area contributed by atoms with Crippen molar-refractivity contribution in [2.24, 2.45) is 16.8 Å². The first-order valence-electron chi connectivity index (χ1n) is 9.50. The van der Waals surface area contributed by atoms with Crippen LogP contribution in [0.1, 0.15) is 38.2 Å². The van der Waals surface area contributed by atoms with Gasteiger partial charge in [-0.05, 0) is 36.3 Å². The highest BCUT2D eigenvalue weighted by Crippen LogP contribution is 2.28. The fourth-order valence-electron chi connectivity index (χ4n) is 3.62. The normalized spacial score (nSPS) is 20.0. The monoisotopic (exact) mass is 482 g/mol. The lowest BCUT2D eigenvalue weighted by molar-refractivity contribution is 0.250. The van der Waals surface area contributed by atoms with Crippen molar-refractivity contribution >= 4 is 29.9 Å². The van der Waals surface area contributed by atoms with E-state index in [-0.39, 0.29) is 24.0 Å². The van der Waals surface area contributed by atoms with Crippen LogP contribution in [0.25, 0.3) is 5.82 Å². The Hall–Kier alpha value is -1.64. The molecule has 1 aliphatic carbocycles. The summed E-state index contributed by atoms with van der Waals surface area (Å²) in [4.78, 5) is 15.3. The molecule has 2 aromatic rings. The van der Waals surface area contributed by atoms with Crippen molar-refractivity contribution in [3.8, 4) is 5.82 Å². The summed E-state index contributed by atoms with van der Waals surface area (Å²) >= 11 is 0. The molecule has 1 saturated carbocycles. The number of aromatic nitrogens is 3. The second-order valence-electron chi connectivity index (χ2n) is 7.40. The van der Waals surface area contributed by atoms with Gasteiger partial charge in [-0.15, -0.1) is 24.0 Å². The lowest BCUT2D eigenvalue weighted by Crippen LogP contribution is -2.41. The van der Waals surface area contributed by atoms with Crippen LogP contribution in [-0.2, 0) is 6.54 Å². The molecule has 0 bridgehead atoms. The molecule has 0 aliphatic heterocycles. The topological polar surface area (TPSA) is 58.3 Å². The van der Waals surface area contributed by atoms with Crippen LogP contribution in [0.4, 0.5) is 0 Å². The van der Waals surface area contributed by atoms with Crippen molar-refractivity contribution in [2.75, 3.05) is 20.6 Å². The fourth-order valence-corrected chi connectivity index (χ4v) is 3.62. The van der Waals surface area contributed by atoms with Gasteiger partial charge in [0.1, 0.15) is 12.1 Å². The molecule has 27 heavy (non-hydrogen) atoms. The van der Waals surface area contributed by atoms with Crippen LogP contribution in [0.15, 0.2) is 42.0 Å². The number of imidazole rings is 1. The summed E-state index contributed by atoms with van der Waals surface area (Å²) in [6, 6.07) is 4.10. The summed E-state index contributed by atoms with van der Waals surface area (Å²) in [5.74, 6) is 3.50. The third kappa shape index (κ3) is 6.19. The van der Waals surface area contributed by atoms with Gasteiger partial charge in [-0.1, -0.05) is 25.8 Å². The van der Waals surface area contributed by atoms with Gasteiger partial charge >= 0.3 is 0 Å². The number of guanidine groups is 1. The van der Waals surface area contributed by atoms with Gasteiger partial charge in [0.2, 0.25) is 0 Å². The quantitative estimate of drug-likeness (QED) is 0.401. The maximum Gasteiger partial charge on any atom is 0.193 e. The van der Waals surface area contributed by atoms with Crippen molar-refractivity contribution in [3.05, 3.63) is 42.6 Å². The minimum absolute atomic E-state index is 0. The van der Waals surface area contributed by atoms with Crippen LogP contribution in [0.2, 0.25) is 0 Å². The first-order chi connectivity index (χ1) is 12.7. The Kier molecular flexibility index (Phi) is 8.53. The molecule has 0 radical (unpaired) electrons. The van der Waals surface area contributed by atoms with Gasteiger partial charge in [-0.3, -0.25) is 9.56 Å². The molecule has 0 saturated heterocycles. The van der Waals surface area contributed by atoms with Crippen molar-refractivity contribution in [1.82, 2.24) is 24.8 Å². The number of halogens is 1. The Labute approximate surface area is 179 Å². The van der Waals surface area contributed by atoms with Crippen molar-refractivity contribution in [2.45, 2.75) is 39.2 Å². The highest BCUT2D eigenvalue weighted by atomic mass is 127. The zero-order valence-electron chi connectivity index (χ0n) is 16.5. The molecule has 1 N–H and O–H groups in total. The number of hydrogen-bond acceptors (Lipinski definition) is 3. The minimum atomic E-state index is 0.